The molecule has 13 aromatic carbocycles. The van der Waals surface area contributed by atoms with Crippen LogP contribution in [0.15, 0.2) is 255 Å². The van der Waals surface area contributed by atoms with Gasteiger partial charge in [0.25, 0.3) is 0 Å². The van der Waals surface area contributed by atoms with Crippen LogP contribution in [0, 0.1) is 0 Å². The Balaban J connectivity index is 0.922. The molecule has 0 amide bonds. The van der Waals surface area contributed by atoms with Crippen molar-refractivity contribution in [1.29, 1.82) is 0 Å². The number of hydrogen-bond acceptors (Lipinski definition) is 0. The maximum absolute atomic E-state index is 2.63. The van der Waals surface area contributed by atoms with E-state index in [2.05, 4.69) is 273 Å². The van der Waals surface area contributed by atoms with Crippen molar-refractivity contribution in [3.05, 3.63) is 255 Å². The molecule has 0 aliphatic heterocycles. The fourth-order valence-corrected chi connectivity index (χ4v) is 14.6. The van der Waals surface area contributed by atoms with Crippen LogP contribution in [-0.2, 0) is 0 Å². The fourth-order valence-electron chi connectivity index (χ4n) is 14.6. The molecule has 0 saturated carbocycles. The van der Waals surface area contributed by atoms with Crippen molar-refractivity contribution in [2.45, 2.75) is 0 Å². The van der Waals surface area contributed by atoms with Crippen LogP contribution >= 0.6 is 0 Å². The zero-order valence-corrected chi connectivity index (χ0v) is 42.0. The lowest BCUT2D eigenvalue weighted by atomic mass is 9.93. The first-order valence-electron chi connectivity index (χ1n) is 27.1. The lowest BCUT2D eigenvalue weighted by Gasteiger charge is -2.13. The molecule has 0 bridgehead atoms. The highest BCUT2D eigenvalue weighted by Gasteiger charge is 2.27. The van der Waals surface area contributed by atoms with Crippen molar-refractivity contribution >= 4 is 141 Å². The van der Waals surface area contributed by atoms with Gasteiger partial charge in [-0.2, -0.15) is 0 Å². The van der Waals surface area contributed by atoms with Gasteiger partial charge in [-0.15, -0.1) is 0 Å². The highest BCUT2D eigenvalue weighted by Crippen LogP contribution is 2.51. The summed E-state index contributed by atoms with van der Waals surface area (Å²) in [6, 6.07) is 95.5. The number of nitrogens with zero attached hydrogens (tertiary/aromatic N) is 4. The Morgan fingerprint density at radius 2 is 0.538 bits per heavy atom. The van der Waals surface area contributed by atoms with Gasteiger partial charge in [-0.25, -0.2) is 0 Å². The van der Waals surface area contributed by atoms with E-state index in [1.807, 2.05) is 0 Å². The van der Waals surface area contributed by atoms with E-state index in [9.17, 15) is 0 Å². The van der Waals surface area contributed by atoms with Crippen LogP contribution in [0.4, 0.5) is 0 Å². The molecule has 6 heterocycles. The second kappa shape index (κ2) is 14.7. The third-order valence-electron chi connectivity index (χ3n) is 17.7. The lowest BCUT2D eigenvalue weighted by molar-refractivity contribution is 1.18. The van der Waals surface area contributed by atoms with Crippen molar-refractivity contribution in [1.82, 2.24) is 17.9 Å². The molecule has 0 atom stereocenters. The maximum atomic E-state index is 2.63. The lowest BCUT2D eigenvalue weighted by Crippen LogP contribution is -1.93. The second-order valence-electron chi connectivity index (χ2n) is 21.5. The molecule has 0 unspecified atom stereocenters. The summed E-state index contributed by atoms with van der Waals surface area (Å²) < 4.78 is 10.1. The Labute approximate surface area is 445 Å². The molecule has 0 radical (unpaired) electrons. The van der Waals surface area contributed by atoms with Gasteiger partial charge < -0.3 is 17.9 Å². The number of rotatable bonds is 4. The Morgan fingerprint density at radius 1 is 0.192 bits per heavy atom. The summed E-state index contributed by atoms with van der Waals surface area (Å²) in [7, 11) is 0. The fraction of sp³-hybridized carbons (Fsp3) is 0. The predicted molar refractivity (Wildman–Crippen MR) is 330 cm³/mol. The predicted octanol–water partition coefficient (Wildman–Crippen LogP) is 19.8. The van der Waals surface area contributed by atoms with Gasteiger partial charge in [0.15, 0.2) is 0 Å². The molecule has 6 aromatic heterocycles. The molecular weight excluding hydrogens is 945 g/mol. The highest BCUT2D eigenvalue weighted by atomic mass is 15.0. The molecule has 0 aliphatic carbocycles. The Bertz CT molecular complexity index is 5430. The van der Waals surface area contributed by atoms with E-state index in [1.54, 1.807) is 0 Å². The topological polar surface area (TPSA) is 18.7 Å². The van der Waals surface area contributed by atoms with Crippen molar-refractivity contribution in [3.8, 4) is 33.6 Å². The molecule has 0 N–H and O–H groups in total. The van der Waals surface area contributed by atoms with E-state index >= 15 is 0 Å². The minimum Gasteiger partial charge on any atom is -0.309 e. The number of benzene rings is 13. The molecule has 358 valence electrons. The smallest absolute Gasteiger partial charge is 0.0626 e. The maximum Gasteiger partial charge on any atom is 0.0626 e. The molecule has 4 heteroatoms. The van der Waals surface area contributed by atoms with E-state index in [0.29, 0.717) is 0 Å². The molecule has 4 nitrogen and oxygen atoms in total. The van der Waals surface area contributed by atoms with Crippen LogP contribution < -0.4 is 0 Å². The third kappa shape index (κ3) is 5.10. The minimum atomic E-state index is 1.16. The average molecular weight is 987 g/mol. The van der Waals surface area contributed by atoms with Crippen LogP contribution in [-0.4, -0.2) is 17.9 Å². The van der Waals surface area contributed by atoms with Gasteiger partial charge in [-0.3, -0.25) is 0 Å². The summed E-state index contributed by atoms with van der Waals surface area (Å²) >= 11 is 0. The molecular formula is C74H42N4. The summed E-state index contributed by atoms with van der Waals surface area (Å²) in [6.45, 7) is 0. The SMILES string of the molecule is c1ccc(-n2c3ccccc3c3cc(-c4c5ccccc5cc5c6cccc7c8cc9c(cc8n(c45)c76)c4cccc5c6cc7ccccc7c(-c7ccc8c(c7)c7ccccc7n8-c7ccccc7)c6n9c45)ccc32)cc1. The summed E-state index contributed by atoms with van der Waals surface area (Å²) in [5, 5.41) is 20.2. The second-order valence-corrected chi connectivity index (χ2v) is 21.5. The summed E-state index contributed by atoms with van der Waals surface area (Å²) in [5.41, 5.74) is 19.6. The quantitative estimate of drug-likeness (QED) is 0.167. The zero-order valence-electron chi connectivity index (χ0n) is 42.0. The van der Waals surface area contributed by atoms with E-state index in [0.717, 1.165) is 11.4 Å². The summed E-state index contributed by atoms with van der Waals surface area (Å²) in [6.07, 6.45) is 0. The molecule has 0 fully saturated rings. The molecule has 19 rings (SSSR count). The molecule has 0 aliphatic rings. The van der Waals surface area contributed by atoms with Crippen LogP contribution in [0.25, 0.3) is 175 Å². The number of hydrogen-bond donors (Lipinski definition) is 0. The van der Waals surface area contributed by atoms with Crippen LogP contribution in [0.3, 0.4) is 0 Å². The minimum absolute atomic E-state index is 1.16. The Hall–Kier alpha value is -10.4. The van der Waals surface area contributed by atoms with E-state index < -0.39 is 0 Å². The van der Waals surface area contributed by atoms with Crippen molar-refractivity contribution in [3.63, 3.8) is 0 Å². The first kappa shape index (κ1) is 40.9. The van der Waals surface area contributed by atoms with Gasteiger partial charge in [0, 0.05) is 87.1 Å². The summed E-state index contributed by atoms with van der Waals surface area (Å²) in [4.78, 5) is 0. The van der Waals surface area contributed by atoms with Gasteiger partial charge in [0.05, 0.1) is 55.2 Å². The van der Waals surface area contributed by atoms with Crippen LogP contribution in [0.5, 0.6) is 0 Å². The molecule has 0 spiro atoms. The molecule has 78 heavy (non-hydrogen) atoms. The van der Waals surface area contributed by atoms with E-state index in [4.69, 9.17) is 0 Å². The first-order valence-corrected chi connectivity index (χ1v) is 27.1. The first-order chi connectivity index (χ1) is 38.7. The number of para-hydroxylation sites is 6. The number of aromatic nitrogens is 4. The normalized spacial score (nSPS) is 12.6. The van der Waals surface area contributed by atoms with E-state index in [-0.39, 0.29) is 0 Å². The van der Waals surface area contributed by atoms with Crippen LogP contribution in [0.2, 0.25) is 0 Å². The molecule has 19 aromatic rings. The number of fused-ring (bicyclic) bond motifs is 20. The van der Waals surface area contributed by atoms with Crippen molar-refractivity contribution < 1.29 is 0 Å². The Kier molecular flexibility index (Phi) is 7.71. The monoisotopic (exact) mass is 986 g/mol. The van der Waals surface area contributed by atoms with Gasteiger partial charge in [0.2, 0.25) is 0 Å². The van der Waals surface area contributed by atoms with Gasteiger partial charge in [-0.1, -0.05) is 170 Å². The van der Waals surface area contributed by atoms with Gasteiger partial charge >= 0.3 is 0 Å². The van der Waals surface area contributed by atoms with Gasteiger partial charge in [-0.05, 0) is 118 Å². The Morgan fingerprint density at radius 3 is 0.987 bits per heavy atom. The van der Waals surface area contributed by atoms with Crippen molar-refractivity contribution in [2.24, 2.45) is 0 Å². The average Bonchev–Trinajstić information content (AvgIpc) is 3.82. The highest BCUT2D eigenvalue weighted by molar-refractivity contribution is 6.33. The zero-order chi connectivity index (χ0) is 50.5. The van der Waals surface area contributed by atoms with Crippen molar-refractivity contribution in [2.75, 3.05) is 0 Å². The standard InChI is InChI=1S/C74H42N4/c1-3-19-47(20-4-1)75-63-31-13-11-25-51(63)57-39-45(33-35-65(57)75)69-49-23-9-7-17-43(49)37-61-55-29-15-27-53-59-42-68-60(41-67(59)77(71(53)55)73(61)69)54-28-16-30-56-62-38-44-18-8-10-24-50(44)70(74(62)78(68)72(54)56)46-34-36-66-58(40-46)52-26-12-14-32-64(52)76(66)48-21-5-2-6-22-48/h1-42H. The van der Waals surface area contributed by atoms with E-state index in [1.165, 1.54) is 164 Å². The summed E-state index contributed by atoms with van der Waals surface area (Å²) in [5.74, 6) is 0. The van der Waals surface area contributed by atoms with Crippen LogP contribution in [0.1, 0.15) is 0 Å². The molecule has 0 saturated heterocycles. The third-order valence-corrected chi connectivity index (χ3v) is 17.7. The largest absolute Gasteiger partial charge is 0.309 e. The van der Waals surface area contributed by atoms with Gasteiger partial charge in [0.1, 0.15) is 0 Å².